The topological polar surface area (TPSA) is 137 Å². The molecule has 0 aliphatic carbocycles. The first-order chi connectivity index (χ1) is 14.3. The summed E-state index contributed by atoms with van der Waals surface area (Å²) in [6, 6.07) is -0.674. The van der Waals surface area contributed by atoms with Crippen LogP contribution >= 0.6 is 0 Å². The first kappa shape index (κ1) is 24.8. The Morgan fingerprint density at radius 2 is 1.69 bits per heavy atom. The van der Waals surface area contributed by atoms with Gasteiger partial charge in [0.25, 0.3) is 0 Å². The lowest BCUT2D eigenvalue weighted by Gasteiger charge is -2.39. The molecule has 13 heteroatoms. The van der Waals surface area contributed by atoms with E-state index in [-0.39, 0.29) is 0 Å². The first-order valence-corrected chi connectivity index (χ1v) is 11.4. The normalized spacial score (nSPS) is 32.4. The summed E-state index contributed by atoms with van der Waals surface area (Å²) in [5, 5.41) is -4.72. The zero-order chi connectivity index (χ0) is 24.6. The first-order valence-electron chi connectivity index (χ1n) is 10.0. The van der Waals surface area contributed by atoms with E-state index in [1.165, 1.54) is 4.90 Å². The van der Waals surface area contributed by atoms with Crippen LogP contribution in [-0.2, 0) is 38.7 Å². The molecule has 3 aliphatic heterocycles. The van der Waals surface area contributed by atoms with Crippen molar-refractivity contribution >= 4 is 28.0 Å². The Hall–Kier alpha value is -1.86. The molecule has 182 valence electrons. The number of rotatable bonds is 5. The predicted molar refractivity (Wildman–Crippen MR) is 103 cm³/mol. The molecule has 6 atom stereocenters. The highest BCUT2D eigenvalue weighted by Gasteiger charge is 2.74. The Morgan fingerprint density at radius 3 is 2.16 bits per heavy atom. The maximum Gasteiger partial charge on any atom is 0.402 e. The molecular weight excluding hydrogens is 456 g/mol. The second-order valence-electron chi connectivity index (χ2n) is 10.3. The maximum absolute atomic E-state index is 13.5. The molecule has 3 aliphatic rings. The van der Waals surface area contributed by atoms with Gasteiger partial charge in [0.15, 0.2) is 12.7 Å². The summed E-state index contributed by atoms with van der Waals surface area (Å²) in [6.07, 6.45) is -3.01. The van der Waals surface area contributed by atoms with Crippen LogP contribution in [-0.4, -0.2) is 77.5 Å². The van der Waals surface area contributed by atoms with Crippen molar-refractivity contribution in [2.75, 3.05) is 6.61 Å². The highest BCUT2D eigenvalue weighted by molar-refractivity contribution is 7.86. The van der Waals surface area contributed by atoms with E-state index in [1.807, 2.05) is 0 Å². The third-order valence-electron chi connectivity index (χ3n) is 5.84. The second-order valence-corrected chi connectivity index (χ2v) is 11.9. The summed E-state index contributed by atoms with van der Waals surface area (Å²) < 4.78 is 73.2. The molecule has 6 unspecified atom stereocenters. The molecule has 0 saturated carbocycles. The van der Waals surface area contributed by atoms with Gasteiger partial charge in [-0.2, -0.15) is 17.2 Å². The molecule has 0 aromatic rings. The fourth-order valence-electron chi connectivity index (χ4n) is 4.43. The summed E-state index contributed by atoms with van der Waals surface area (Å²) in [7, 11) is -5.81. The van der Waals surface area contributed by atoms with E-state index in [4.69, 9.17) is 14.0 Å². The Kier molecular flexibility index (Phi) is 5.67. The van der Waals surface area contributed by atoms with Crippen molar-refractivity contribution in [1.82, 2.24) is 4.90 Å². The number of hydrogen-bond acceptors (Lipinski definition) is 8. The lowest BCUT2D eigenvalue weighted by Crippen LogP contribution is -2.55. The fourth-order valence-corrected chi connectivity index (χ4v) is 4.64. The van der Waals surface area contributed by atoms with Gasteiger partial charge in [-0.15, -0.1) is 0 Å². The van der Waals surface area contributed by atoms with E-state index in [1.54, 1.807) is 41.5 Å². The molecule has 0 aromatic carbocycles. The Balaban J connectivity index is 1.92. The molecule has 2 bridgehead atoms. The average molecular weight is 483 g/mol. The Bertz CT molecular complexity index is 937. The van der Waals surface area contributed by atoms with Crippen LogP contribution < -0.4 is 0 Å². The minimum Gasteiger partial charge on any atom is -0.458 e. The third kappa shape index (κ3) is 3.87. The quantitative estimate of drug-likeness (QED) is 0.448. The van der Waals surface area contributed by atoms with Gasteiger partial charge in [-0.3, -0.25) is 18.9 Å². The number of ether oxygens (including phenoxy) is 3. The van der Waals surface area contributed by atoms with Crippen LogP contribution in [0.3, 0.4) is 0 Å². The van der Waals surface area contributed by atoms with E-state index in [9.17, 15) is 31.6 Å². The molecule has 10 nitrogen and oxygen atoms in total. The predicted octanol–water partition coefficient (Wildman–Crippen LogP) is 0.991. The number of nitrogens with zero attached hydrogens (tertiary/aromatic N) is 1. The number of halogens is 2. The van der Waals surface area contributed by atoms with Gasteiger partial charge in [-0.25, -0.2) is 0 Å². The lowest BCUT2D eigenvalue weighted by molar-refractivity contribution is -0.170. The van der Waals surface area contributed by atoms with Crippen LogP contribution in [0.1, 0.15) is 41.5 Å². The van der Waals surface area contributed by atoms with E-state index in [2.05, 4.69) is 4.74 Å². The summed E-state index contributed by atoms with van der Waals surface area (Å²) in [4.78, 5) is 39.9. The summed E-state index contributed by atoms with van der Waals surface area (Å²) in [5.74, 6) is -4.82. The zero-order valence-corrected chi connectivity index (χ0v) is 19.3. The van der Waals surface area contributed by atoms with Crippen LogP contribution in [0.2, 0.25) is 0 Å². The number of esters is 2. The van der Waals surface area contributed by atoms with Crippen LogP contribution in [0.4, 0.5) is 8.78 Å². The highest BCUT2D eigenvalue weighted by Crippen LogP contribution is 2.54. The number of carbonyl (C=O) groups is 3. The number of amides is 1. The number of carbonyl (C=O) groups excluding carboxylic acids is 3. The van der Waals surface area contributed by atoms with E-state index >= 15 is 0 Å². The van der Waals surface area contributed by atoms with E-state index < -0.39 is 87.0 Å². The van der Waals surface area contributed by atoms with Gasteiger partial charge in [0.1, 0.15) is 12.0 Å². The molecule has 32 heavy (non-hydrogen) atoms. The van der Waals surface area contributed by atoms with Crippen molar-refractivity contribution in [2.24, 2.45) is 17.3 Å². The van der Waals surface area contributed by atoms with Crippen LogP contribution in [0.25, 0.3) is 0 Å². The number of fused-ring (bicyclic) bond motifs is 1. The van der Waals surface area contributed by atoms with Gasteiger partial charge in [0.2, 0.25) is 5.91 Å². The van der Waals surface area contributed by atoms with Crippen molar-refractivity contribution in [1.29, 1.82) is 0 Å². The molecule has 1 amide bonds. The Morgan fingerprint density at radius 1 is 1.12 bits per heavy atom. The second kappa shape index (κ2) is 7.32. The summed E-state index contributed by atoms with van der Waals surface area (Å²) in [5.41, 5.74) is -1.62. The minimum atomic E-state index is -5.81. The lowest BCUT2D eigenvalue weighted by atomic mass is 9.78. The Labute approximate surface area is 184 Å². The summed E-state index contributed by atoms with van der Waals surface area (Å²) in [6.45, 7) is 8.20. The average Bonchev–Trinajstić information content (AvgIpc) is 3.19. The molecule has 0 radical (unpaired) electrons. The van der Waals surface area contributed by atoms with Crippen molar-refractivity contribution in [2.45, 2.75) is 76.7 Å². The number of likely N-dealkylation sites (tertiary alicyclic amines) is 1. The molecule has 3 heterocycles. The third-order valence-corrected chi connectivity index (χ3v) is 6.71. The van der Waals surface area contributed by atoms with Gasteiger partial charge in [0.05, 0.1) is 23.5 Å². The standard InChI is InChI=1S/C19H27F2NO9S/c1-17(2,3)16(25)31-13-10-11-8(14(23)22(10)18(4,5)6)9(12(13)30-11)15(24)29-7-19(20,21)32(26,27)28/h8-13H,7H2,1-6H3,(H,26,27,28). The molecular formula is C19H27F2NO9S. The minimum absolute atomic E-state index is 0.479. The van der Waals surface area contributed by atoms with E-state index in [0.29, 0.717) is 0 Å². The van der Waals surface area contributed by atoms with Crippen molar-refractivity contribution in [3.05, 3.63) is 0 Å². The van der Waals surface area contributed by atoms with Gasteiger partial charge in [-0.1, -0.05) is 0 Å². The monoisotopic (exact) mass is 483 g/mol. The molecule has 3 fully saturated rings. The largest absolute Gasteiger partial charge is 0.458 e. The number of hydrogen-bond donors (Lipinski definition) is 1. The van der Waals surface area contributed by atoms with Gasteiger partial charge in [0, 0.05) is 5.54 Å². The molecule has 1 N–H and O–H groups in total. The molecule has 0 spiro atoms. The SMILES string of the molecule is CC(C)(C)C(=O)OC1C2OC3C(C(=O)N(C(C)(C)C)C13)C2C(=O)OCC(F)(F)S(=O)(=O)O. The van der Waals surface area contributed by atoms with Crippen LogP contribution in [0, 0.1) is 17.3 Å². The van der Waals surface area contributed by atoms with E-state index in [0.717, 1.165) is 0 Å². The van der Waals surface area contributed by atoms with Crippen LogP contribution in [0.15, 0.2) is 0 Å². The van der Waals surface area contributed by atoms with Crippen molar-refractivity contribution in [3.63, 3.8) is 0 Å². The molecule has 3 rings (SSSR count). The zero-order valence-electron chi connectivity index (χ0n) is 18.5. The van der Waals surface area contributed by atoms with Gasteiger partial charge in [-0.05, 0) is 41.5 Å². The van der Waals surface area contributed by atoms with Crippen LogP contribution in [0.5, 0.6) is 0 Å². The van der Waals surface area contributed by atoms with Crippen molar-refractivity contribution < 1.29 is 50.3 Å². The summed E-state index contributed by atoms with van der Waals surface area (Å²) >= 11 is 0. The molecule has 3 saturated heterocycles. The maximum atomic E-state index is 13.5. The van der Waals surface area contributed by atoms with Gasteiger partial charge < -0.3 is 19.1 Å². The smallest absolute Gasteiger partial charge is 0.402 e. The highest BCUT2D eigenvalue weighted by atomic mass is 32.2. The van der Waals surface area contributed by atoms with Gasteiger partial charge >= 0.3 is 27.3 Å². The van der Waals surface area contributed by atoms with Crippen molar-refractivity contribution in [3.8, 4) is 0 Å². The fraction of sp³-hybridized carbons (Fsp3) is 0.842. The number of alkyl halides is 2. The molecule has 0 aromatic heterocycles.